The van der Waals surface area contributed by atoms with Crippen molar-refractivity contribution in [1.82, 2.24) is 9.80 Å². The Kier molecular flexibility index (Phi) is 4.55. The fourth-order valence-corrected chi connectivity index (χ4v) is 3.31. The number of ether oxygens (including phenoxy) is 2. The molecule has 0 aliphatic carbocycles. The SMILES string of the molecule is Fc1cccc(F)c1CN1CCN(Cc2ccc3c(c2)OCO3)CC1. The van der Waals surface area contributed by atoms with Gasteiger partial charge in [-0.15, -0.1) is 0 Å². The highest BCUT2D eigenvalue weighted by molar-refractivity contribution is 5.44. The van der Waals surface area contributed by atoms with Crippen LogP contribution in [0, 0.1) is 11.6 Å². The lowest BCUT2D eigenvalue weighted by Crippen LogP contribution is -2.45. The van der Waals surface area contributed by atoms with E-state index in [1.54, 1.807) is 0 Å². The molecule has 6 heteroatoms. The van der Waals surface area contributed by atoms with E-state index in [0.717, 1.165) is 44.2 Å². The second-order valence-electron chi connectivity index (χ2n) is 6.44. The number of hydrogen-bond acceptors (Lipinski definition) is 4. The number of rotatable bonds is 4. The van der Waals surface area contributed by atoms with Gasteiger partial charge in [0.1, 0.15) is 11.6 Å². The molecule has 2 aromatic carbocycles. The van der Waals surface area contributed by atoms with Crippen LogP contribution in [0.2, 0.25) is 0 Å². The van der Waals surface area contributed by atoms with Crippen molar-refractivity contribution in [2.24, 2.45) is 0 Å². The van der Waals surface area contributed by atoms with Gasteiger partial charge in [0.2, 0.25) is 6.79 Å². The summed E-state index contributed by atoms with van der Waals surface area (Å²) >= 11 is 0. The molecule has 1 fully saturated rings. The van der Waals surface area contributed by atoms with E-state index in [-0.39, 0.29) is 12.4 Å². The zero-order valence-corrected chi connectivity index (χ0v) is 13.9. The number of nitrogens with zero attached hydrogens (tertiary/aromatic N) is 2. The van der Waals surface area contributed by atoms with Gasteiger partial charge in [-0.1, -0.05) is 12.1 Å². The van der Waals surface area contributed by atoms with Crippen LogP contribution in [0.4, 0.5) is 8.78 Å². The molecule has 2 aliphatic heterocycles. The number of fused-ring (bicyclic) bond motifs is 1. The van der Waals surface area contributed by atoms with Gasteiger partial charge in [0.25, 0.3) is 0 Å². The summed E-state index contributed by atoms with van der Waals surface area (Å²) < 4.78 is 38.3. The summed E-state index contributed by atoms with van der Waals surface area (Å²) in [5.41, 5.74) is 1.34. The Bertz CT molecular complexity index is 741. The van der Waals surface area contributed by atoms with Crippen LogP contribution in [0.3, 0.4) is 0 Å². The molecule has 0 bridgehead atoms. The van der Waals surface area contributed by atoms with Gasteiger partial charge >= 0.3 is 0 Å². The van der Waals surface area contributed by atoms with Gasteiger partial charge in [-0.25, -0.2) is 8.78 Å². The molecule has 0 aromatic heterocycles. The Hall–Kier alpha value is -2.18. The van der Waals surface area contributed by atoms with E-state index in [1.807, 2.05) is 12.1 Å². The largest absolute Gasteiger partial charge is 0.454 e. The molecule has 4 nitrogen and oxygen atoms in total. The summed E-state index contributed by atoms with van der Waals surface area (Å²) in [6.45, 7) is 4.74. The van der Waals surface area contributed by atoms with Gasteiger partial charge in [0, 0.05) is 44.8 Å². The van der Waals surface area contributed by atoms with Crippen molar-refractivity contribution in [1.29, 1.82) is 0 Å². The molecule has 2 aromatic rings. The van der Waals surface area contributed by atoms with Crippen LogP contribution in [0.25, 0.3) is 0 Å². The lowest BCUT2D eigenvalue weighted by Gasteiger charge is -2.34. The Balaban J connectivity index is 1.32. The van der Waals surface area contributed by atoms with E-state index in [2.05, 4.69) is 15.9 Å². The molecular formula is C19H20F2N2O2. The summed E-state index contributed by atoms with van der Waals surface area (Å²) in [7, 11) is 0. The third-order valence-corrected chi connectivity index (χ3v) is 4.75. The number of halogens is 2. The molecule has 0 atom stereocenters. The minimum Gasteiger partial charge on any atom is -0.454 e. The zero-order valence-electron chi connectivity index (χ0n) is 13.9. The molecule has 0 saturated carbocycles. The summed E-state index contributed by atoms with van der Waals surface area (Å²) in [6.07, 6.45) is 0. The van der Waals surface area contributed by atoms with E-state index in [9.17, 15) is 8.78 Å². The van der Waals surface area contributed by atoms with Crippen molar-refractivity contribution < 1.29 is 18.3 Å². The molecular weight excluding hydrogens is 326 g/mol. The number of piperazine rings is 1. The van der Waals surface area contributed by atoms with Gasteiger partial charge in [0.15, 0.2) is 11.5 Å². The second-order valence-corrected chi connectivity index (χ2v) is 6.44. The molecule has 25 heavy (non-hydrogen) atoms. The van der Waals surface area contributed by atoms with Crippen LogP contribution >= 0.6 is 0 Å². The van der Waals surface area contributed by atoms with Gasteiger partial charge < -0.3 is 9.47 Å². The first-order valence-corrected chi connectivity index (χ1v) is 8.45. The third kappa shape index (κ3) is 3.60. The smallest absolute Gasteiger partial charge is 0.231 e. The van der Waals surface area contributed by atoms with Gasteiger partial charge in [-0.3, -0.25) is 9.80 Å². The van der Waals surface area contributed by atoms with E-state index < -0.39 is 11.6 Å². The molecule has 132 valence electrons. The Morgan fingerprint density at radius 3 is 2.16 bits per heavy atom. The lowest BCUT2D eigenvalue weighted by molar-refractivity contribution is 0.120. The zero-order chi connectivity index (χ0) is 17.2. The maximum Gasteiger partial charge on any atom is 0.231 e. The van der Waals surface area contributed by atoms with Crippen LogP contribution < -0.4 is 9.47 Å². The highest BCUT2D eigenvalue weighted by Crippen LogP contribution is 2.32. The van der Waals surface area contributed by atoms with E-state index in [0.29, 0.717) is 6.54 Å². The van der Waals surface area contributed by atoms with Crippen molar-refractivity contribution in [3.8, 4) is 11.5 Å². The minimum atomic E-state index is -0.470. The first-order chi connectivity index (χ1) is 12.2. The molecule has 0 unspecified atom stereocenters. The fraction of sp³-hybridized carbons (Fsp3) is 0.368. The Morgan fingerprint density at radius 2 is 1.44 bits per heavy atom. The van der Waals surface area contributed by atoms with Crippen LogP contribution in [-0.4, -0.2) is 42.8 Å². The molecule has 0 radical (unpaired) electrons. The Labute approximate surface area is 145 Å². The summed E-state index contributed by atoms with van der Waals surface area (Å²) in [5, 5.41) is 0. The molecule has 0 N–H and O–H groups in total. The molecule has 4 rings (SSSR count). The van der Waals surface area contributed by atoms with Crippen molar-refractivity contribution in [3.05, 3.63) is 59.2 Å². The van der Waals surface area contributed by atoms with Gasteiger partial charge in [0.05, 0.1) is 0 Å². The maximum atomic E-state index is 13.8. The number of hydrogen-bond donors (Lipinski definition) is 0. The first kappa shape index (κ1) is 16.3. The van der Waals surface area contributed by atoms with Crippen molar-refractivity contribution in [3.63, 3.8) is 0 Å². The second kappa shape index (κ2) is 6.98. The van der Waals surface area contributed by atoms with Gasteiger partial charge in [-0.2, -0.15) is 0 Å². The van der Waals surface area contributed by atoms with Crippen molar-refractivity contribution in [2.75, 3.05) is 33.0 Å². The molecule has 2 aliphatic rings. The van der Waals surface area contributed by atoms with Crippen LogP contribution in [-0.2, 0) is 13.1 Å². The van der Waals surface area contributed by atoms with E-state index in [4.69, 9.17) is 9.47 Å². The summed E-state index contributed by atoms with van der Waals surface area (Å²) in [5.74, 6) is 0.650. The topological polar surface area (TPSA) is 24.9 Å². The minimum absolute atomic E-state index is 0.159. The molecule has 0 spiro atoms. The summed E-state index contributed by atoms with van der Waals surface area (Å²) in [4.78, 5) is 4.43. The normalized spacial score (nSPS) is 17.8. The van der Waals surface area contributed by atoms with Crippen LogP contribution in [0.15, 0.2) is 36.4 Å². The van der Waals surface area contributed by atoms with E-state index >= 15 is 0 Å². The highest BCUT2D eigenvalue weighted by Gasteiger charge is 2.21. The first-order valence-electron chi connectivity index (χ1n) is 8.45. The predicted octanol–water partition coefficient (Wildman–Crippen LogP) is 3.01. The van der Waals surface area contributed by atoms with Crippen molar-refractivity contribution in [2.45, 2.75) is 13.1 Å². The number of benzene rings is 2. The third-order valence-electron chi connectivity index (χ3n) is 4.75. The van der Waals surface area contributed by atoms with Crippen molar-refractivity contribution >= 4 is 0 Å². The Morgan fingerprint density at radius 1 is 0.800 bits per heavy atom. The molecule has 2 heterocycles. The predicted molar refractivity (Wildman–Crippen MR) is 89.5 cm³/mol. The fourth-order valence-electron chi connectivity index (χ4n) is 3.31. The summed E-state index contributed by atoms with van der Waals surface area (Å²) in [6, 6.07) is 10.0. The maximum absolute atomic E-state index is 13.8. The molecule has 0 amide bonds. The van der Waals surface area contributed by atoms with Gasteiger partial charge in [-0.05, 0) is 29.8 Å². The highest BCUT2D eigenvalue weighted by atomic mass is 19.1. The van der Waals surface area contributed by atoms with Crippen LogP contribution in [0.5, 0.6) is 11.5 Å². The standard InChI is InChI=1S/C19H20F2N2O2/c20-16-2-1-3-17(21)15(16)12-23-8-6-22(7-9-23)11-14-4-5-18-19(10-14)25-13-24-18/h1-5,10H,6-9,11-13H2. The quantitative estimate of drug-likeness (QED) is 0.850. The van der Waals surface area contributed by atoms with Crippen LogP contribution in [0.1, 0.15) is 11.1 Å². The average Bonchev–Trinajstić information content (AvgIpc) is 3.07. The molecule has 1 saturated heterocycles. The average molecular weight is 346 g/mol. The monoisotopic (exact) mass is 346 g/mol. The van der Waals surface area contributed by atoms with E-state index in [1.165, 1.54) is 23.8 Å². The lowest BCUT2D eigenvalue weighted by atomic mass is 10.1.